The van der Waals surface area contributed by atoms with E-state index >= 15 is 0 Å². The minimum absolute atomic E-state index is 0.288. The van der Waals surface area contributed by atoms with E-state index in [-0.39, 0.29) is 11.8 Å². The van der Waals surface area contributed by atoms with E-state index in [2.05, 4.69) is 15.6 Å². The van der Waals surface area contributed by atoms with Gasteiger partial charge < -0.3 is 10.6 Å². The van der Waals surface area contributed by atoms with Crippen LogP contribution in [0.2, 0.25) is 0 Å². The third-order valence-corrected chi connectivity index (χ3v) is 4.08. The second-order valence-electron chi connectivity index (χ2n) is 6.24. The lowest BCUT2D eigenvalue weighted by Crippen LogP contribution is -2.45. The molecule has 5 nitrogen and oxygen atoms in total. The van der Waals surface area contributed by atoms with Crippen LogP contribution in [0, 0.1) is 6.92 Å². The topological polar surface area (TPSA) is 71.1 Å². The third kappa shape index (κ3) is 5.25. The van der Waals surface area contributed by atoms with Crippen molar-refractivity contribution in [1.82, 2.24) is 10.3 Å². The highest BCUT2D eigenvalue weighted by atomic mass is 16.2. The average Bonchev–Trinajstić information content (AvgIpc) is 2.69. The van der Waals surface area contributed by atoms with Gasteiger partial charge in [0.1, 0.15) is 11.9 Å². The van der Waals surface area contributed by atoms with Crippen molar-refractivity contribution < 1.29 is 9.59 Å². The zero-order valence-corrected chi connectivity index (χ0v) is 15.1. The lowest BCUT2D eigenvalue weighted by molar-refractivity contribution is -0.118. The van der Waals surface area contributed by atoms with Crippen molar-refractivity contribution in [2.24, 2.45) is 0 Å². The molecule has 1 heterocycles. The van der Waals surface area contributed by atoms with Gasteiger partial charge in [0.2, 0.25) is 5.91 Å². The number of amides is 2. The standard InChI is InChI=1S/C22H21N3O2/c1-16-9-8-14-20(23-16)25-22(27)19(15-17-10-4-2-5-11-17)24-21(26)18-12-6-3-7-13-18/h2-14,19H,15H2,1H3,(H,24,26)(H,23,25,27)/t19-/m1/s1. The van der Waals surface area contributed by atoms with Crippen molar-refractivity contribution in [2.45, 2.75) is 19.4 Å². The lowest BCUT2D eigenvalue weighted by Gasteiger charge is -2.18. The Labute approximate surface area is 158 Å². The fourth-order valence-corrected chi connectivity index (χ4v) is 2.72. The Kier molecular flexibility index (Phi) is 5.94. The summed E-state index contributed by atoms with van der Waals surface area (Å²) in [6.45, 7) is 1.86. The molecule has 0 aliphatic carbocycles. The van der Waals surface area contributed by atoms with Gasteiger partial charge in [-0.1, -0.05) is 54.6 Å². The maximum atomic E-state index is 12.8. The SMILES string of the molecule is Cc1cccc(NC(=O)[C@@H](Cc2ccccc2)NC(=O)c2ccccc2)n1. The first kappa shape index (κ1) is 18.3. The van der Waals surface area contributed by atoms with E-state index in [1.165, 1.54) is 0 Å². The predicted octanol–water partition coefficient (Wildman–Crippen LogP) is 3.37. The number of carbonyl (C=O) groups excluding carboxylic acids is 2. The van der Waals surface area contributed by atoms with E-state index in [1.54, 1.807) is 30.3 Å². The van der Waals surface area contributed by atoms with Gasteiger partial charge in [-0.15, -0.1) is 0 Å². The number of benzene rings is 2. The number of nitrogens with one attached hydrogen (secondary N) is 2. The zero-order chi connectivity index (χ0) is 19.1. The number of pyridine rings is 1. The first-order chi connectivity index (χ1) is 13.1. The molecule has 2 amide bonds. The zero-order valence-electron chi connectivity index (χ0n) is 15.1. The minimum atomic E-state index is -0.720. The van der Waals surface area contributed by atoms with Crippen LogP contribution in [0.25, 0.3) is 0 Å². The lowest BCUT2D eigenvalue weighted by atomic mass is 10.0. The molecule has 0 aliphatic rings. The molecule has 27 heavy (non-hydrogen) atoms. The van der Waals surface area contributed by atoms with Crippen LogP contribution in [0.4, 0.5) is 5.82 Å². The molecule has 136 valence electrons. The quantitative estimate of drug-likeness (QED) is 0.709. The second kappa shape index (κ2) is 8.76. The maximum Gasteiger partial charge on any atom is 0.251 e. The van der Waals surface area contributed by atoms with Gasteiger partial charge in [-0.25, -0.2) is 4.98 Å². The normalized spacial score (nSPS) is 11.4. The number of rotatable bonds is 6. The summed E-state index contributed by atoms with van der Waals surface area (Å²) in [5, 5.41) is 5.63. The third-order valence-electron chi connectivity index (χ3n) is 4.08. The molecule has 0 aliphatic heterocycles. The summed E-state index contributed by atoms with van der Waals surface area (Å²) in [6, 6.07) is 23.1. The van der Waals surface area contributed by atoms with Crippen molar-refractivity contribution in [3.8, 4) is 0 Å². The summed E-state index contributed by atoms with van der Waals surface area (Å²) < 4.78 is 0. The van der Waals surface area contributed by atoms with E-state index in [4.69, 9.17) is 0 Å². The first-order valence-corrected chi connectivity index (χ1v) is 8.76. The van der Waals surface area contributed by atoms with Gasteiger partial charge in [-0.3, -0.25) is 9.59 Å². The van der Waals surface area contributed by atoms with Crippen molar-refractivity contribution in [3.63, 3.8) is 0 Å². The fourth-order valence-electron chi connectivity index (χ4n) is 2.72. The van der Waals surface area contributed by atoms with Crippen LogP contribution in [-0.2, 0) is 11.2 Å². The number of carbonyl (C=O) groups is 2. The molecule has 2 aromatic carbocycles. The molecule has 0 bridgehead atoms. The van der Waals surface area contributed by atoms with Crippen molar-refractivity contribution in [1.29, 1.82) is 0 Å². The number of aromatic nitrogens is 1. The number of hydrogen-bond acceptors (Lipinski definition) is 3. The van der Waals surface area contributed by atoms with E-state index in [9.17, 15) is 9.59 Å². The molecule has 3 aromatic rings. The van der Waals surface area contributed by atoms with E-state index in [0.29, 0.717) is 17.8 Å². The highest BCUT2D eigenvalue weighted by Gasteiger charge is 2.22. The highest BCUT2D eigenvalue weighted by molar-refractivity contribution is 6.01. The van der Waals surface area contributed by atoms with Gasteiger partial charge in [-0.2, -0.15) is 0 Å². The summed E-state index contributed by atoms with van der Waals surface area (Å²) in [5.41, 5.74) is 2.28. The van der Waals surface area contributed by atoms with Gasteiger partial charge in [0.15, 0.2) is 0 Å². The van der Waals surface area contributed by atoms with Crippen LogP contribution < -0.4 is 10.6 Å². The molecular formula is C22H21N3O2. The van der Waals surface area contributed by atoms with Crippen LogP contribution in [0.15, 0.2) is 78.9 Å². The van der Waals surface area contributed by atoms with Gasteiger partial charge in [-0.05, 0) is 36.8 Å². The Bertz CT molecular complexity index is 911. The first-order valence-electron chi connectivity index (χ1n) is 8.76. The van der Waals surface area contributed by atoms with Crippen molar-refractivity contribution >= 4 is 17.6 Å². The maximum absolute atomic E-state index is 12.8. The Morgan fingerprint density at radius 2 is 1.56 bits per heavy atom. The Morgan fingerprint density at radius 1 is 0.889 bits per heavy atom. The molecule has 0 radical (unpaired) electrons. The predicted molar refractivity (Wildman–Crippen MR) is 105 cm³/mol. The summed E-state index contributed by atoms with van der Waals surface area (Å²) in [6.07, 6.45) is 0.386. The molecule has 0 saturated carbocycles. The van der Waals surface area contributed by atoms with Gasteiger partial charge in [0.25, 0.3) is 5.91 Å². The van der Waals surface area contributed by atoms with Crippen molar-refractivity contribution in [3.05, 3.63) is 95.7 Å². The van der Waals surface area contributed by atoms with Crippen LogP contribution in [0.5, 0.6) is 0 Å². The molecule has 0 unspecified atom stereocenters. The number of hydrogen-bond donors (Lipinski definition) is 2. The molecule has 2 N–H and O–H groups in total. The Balaban J connectivity index is 1.78. The molecule has 3 rings (SSSR count). The van der Waals surface area contributed by atoms with Crippen molar-refractivity contribution in [2.75, 3.05) is 5.32 Å². The summed E-state index contributed by atoms with van der Waals surface area (Å²) in [5.74, 6) is -0.128. The van der Waals surface area contributed by atoms with Crippen LogP contribution in [0.1, 0.15) is 21.6 Å². The largest absolute Gasteiger partial charge is 0.340 e. The van der Waals surface area contributed by atoms with E-state index in [0.717, 1.165) is 11.3 Å². The van der Waals surface area contributed by atoms with E-state index in [1.807, 2.05) is 55.5 Å². The average molecular weight is 359 g/mol. The molecule has 0 saturated heterocycles. The fraction of sp³-hybridized carbons (Fsp3) is 0.136. The van der Waals surface area contributed by atoms with Crippen LogP contribution >= 0.6 is 0 Å². The summed E-state index contributed by atoms with van der Waals surface area (Å²) in [7, 11) is 0. The molecule has 1 atom stereocenters. The number of aryl methyl sites for hydroxylation is 1. The minimum Gasteiger partial charge on any atom is -0.340 e. The monoisotopic (exact) mass is 359 g/mol. The van der Waals surface area contributed by atoms with E-state index < -0.39 is 6.04 Å². The van der Waals surface area contributed by atoms with Crippen LogP contribution in [-0.4, -0.2) is 22.8 Å². The molecular weight excluding hydrogens is 338 g/mol. The number of anilines is 1. The molecule has 5 heteroatoms. The van der Waals surface area contributed by atoms with Crippen LogP contribution in [0.3, 0.4) is 0 Å². The Hall–Kier alpha value is -3.47. The smallest absolute Gasteiger partial charge is 0.251 e. The highest BCUT2D eigenvalue weighted by Crippen LogP contribution is 2.09. The molecule has 0 fully saturated rings. The van der Waals surface area contributed by atoms with Gasteiger partial charge in [0.05, 0.1) is 0 Å². The number of nitrogens with zero attached hydrogens (tertiary/aromatic N) is 1. The van der Waals surface area contributed by atoms with Gasteiger partial charge in [0, 0.05) is 17.7 Å². The Morgan fingerprint density at radius 3 is 2.22 bits per heavy atom. The van der Waals surface area contributed by atoms with Gasteiger partial charge >= 0.3 is 0 Å². The molecule has 0 spiro atoms. The molecule has 1 aromatic heterocycles. The second-order valence-corrected chi connectivity index (χ2v) is 6.24. The summed E-state index contributed by atoms with van der Waals surface area (Å²) in [4.78, 5) is 29.7. The summed E-state index contributed by atoms with van der Waals surface area (Å²) >= 11 is 0.